The number of hydrogen-bond donors (Lipinski definition) is 0. The lowest BCUT2D eigenvalue weighted by molar-refractivity contribution is 0.0106. The minimum Gasteiger partial charge on any atom is -0.376 e. The molecule has 1 aromatic carbocycles. The summed E-state index contributed by atoms with van der Waals surface area (Å²) in [6.07, 6.45) is 2.31. The fourth-order valence-electron chi connectivity index (χ4n) is 1.83. The second-order valence-corrected chi connectivity index (χ2v) is 4.08. The Hall–Kier alpha value is -1.44. The monoisotopic (exact) mass is 235 g/mol. The zero-order chi connectivity index (χ0) is 12.1. The first kappa shape index (κ1) is 12.0. The zero-order valence-corrected chi connectivity index (χ0v) is 9.49. The third kappa shape index (κ3) is 3.26. The van der Waals surface area contributed by atoms with Crippen LogP contribution in [-0.2, 0) is 16.1 Å². The highest BCUT2D eigenvalue weighted by Crippen LogP contribution is 2.14. The van der Waals surface area contributed by atoms with Gasteiger partial charge >= 0.3 is 0 Å². The normalized spacial score (nSPS) is 19.2. The molecule has 0 aromatic heterocycles. The van der Waals surface area contributed by atoms with Crippen LogP contribution in [0.3, 0.4) is 0 Å². The number of nitrogens with zero attached hydrogens (tertiary/aromatic N) is 1. The van der Waals surface area contributed by atoms with Crippen molar-refractivity contribution < 1.29 is 13.9 Å². The molecular formula is C13H14FNO2. The molecule has 1 aliphatic rings. The summed E-state index contributed by atoms with van der Waals surface area (Å²) in [5, 5.41) is 8.69. The predicted octanol–water partition coefficient (Wildman–Crippen LogP) is 2.39. The van der Waals surface area contributed by atoms with Crippen molar-refractivity contribution in [2.75, 3.05) is 13.2 Å². The molecule has 0 amide bonds. The Labute approximate surface area is 99.8 Å². The van der Waals surface area contributed by atoms with Gasteiger partial charge in [0.2, 0.25) is 0 Å². The average Bonchev–Trinajstić information content (AvgIpc) is 2.84. The van der Waals surface area contributed by atoms with E-state index >= 15 is 0 Å². The Morgan fingerprint density at radius 3 is 3.12 bits per heavy atom. The van der Waals surface area contributed by atoms with Crippen LogP contribution in [0.5, 0.6) is 0 Å². The van der Waals surface area contributed by atoms with Gasteiger partial charge in [-0.3, -0.25) is 0 Å². The molecular weight excluding hydrogens is 221 g/mol. The molecule has 0 bridgehead atoms. The van der Waals surface area contributed by atoms with Crippen LogP contribution in [0.4, 0.5) is 4.39 Å². The van der Waals surface area contributed by atoms with Gasteiger partial charge in [-0.05, 0) is 30.5 Å². The summed E-state index contributed by atoms with van der Waals surface area (Å²) in [5.74, 6) is -0.490. The highest BCUT2D eigenvalue weighted by Gasteiger charge is 2.15. The lowest BCUT2D eigenvalue weighted by atomic mass is 10.1. The van der Waals surface area contributed by atoms with Crippen molar-refractivity contribution in [1.82, 2.24) is 0 Å². The van der Waals surface area contributed by atoms with E-state index in [1.165, 1.54) is 12.1 Å². The van der Waals surface area contributed by atoms with Crippen LogP contribution >= 0.6 is 0 Å². The summed E-state index contributed by atoms with van der Waals surface area (Å²) in [4.78, 5) is 0. The fourth-order valence-corrected chi connectivity index (χ4v) is 1.83. The summed E-state index contributed by atoms with van der Waals surface area (Å²) in [5.41, 5.74) is 0.865. The Morgan fingerprint density at radius 1 is 1.53 bits per heavy atom. The van der Waals surface area contributed by atoms with Gasteiger partial charge in [-0.25, -0.2) is 4.39 Å². The molecule has 0 aliphatic carbocycles. The van der Waals surface area contributed by atoms with Crippen molar-refractivity contribution >= 4 is 0 Å². The molecule has 1 fully saturated rings. The summed E-state index contributed by atoms with van der Waals surface area (Å²) < 4.78 is 24.0. The van der Waals surface area contributed by atoms with E-state index in [4.69, 9.17) is 14.7 Å². The molecule has 1 aliphatic heterocycles. The molecule has 90 valence electrons. The van der Waals surface area contributed by atoms with E-state index in [0.717, 1.165) is 25.0 Å². The second-order valence-electron chi connectivity index (χ2n) is 4.08. The average molecular weight is 235 g/mol. The lowest BCUT2D eigenvalue weighted by Gasteiger charge is -2.10. The summed E-state index contributed by atoms with van der Waals surface area (Å²) in [6, 6.07) is 6.26. The van der Waals surface area contributed by atoms with Crippen LogP contribution in [0.2, 0.25) is 0 Å². The molecule has 17 heavy (non-hydrogen) atoms. The number of halogens is 1. The molecule has 1 atom stereocenters. The maximum absolute atomic E-state index is 13.1. The van der Waals surface area contributed by atoms with Gasteiger partial charge in [0.15, 0.2) is 0 Å². The molecule has 1 saturated heterocycles. The van der Waals surface area contributed by atoms with Crippen LogP contribution in [-0.4, -0.2) is 19.3 Å². The lowest BCUT2D eigenvalue weighted by Crippen LogP contribution is -2.13. The Balaban J connectivity index is 1.84. The largest absolute Gasteiger partial charge is 0.376 e. The van der Waals surface area contributed by atoms with Crippen LogP contribution in [0.1, 0.15) is 24.0 Å². The van der Waals surface area contributed by atoms with Crippen molar-refractivity contribution in [3.05, 3.63) is 35.1 Å². The summed E-state index contributed by atoms with van der Waals surface area (Å²) in [6.45, 7) is 1.75. The third-order valence-corrected chi connectivity index (χ3v) is 2.75. The fraction of sp³-hybridized carbons (Fsp3) is 0.462. The molecule has 4 heteroatoms. The molecule has 0 radical (unpaired) electrons. The molecule has 1 heterocycles. The Kier molecular flexibility index (Phi) is 4.08. The number of nitriles is 1. The number of ether oxygens (including phenoxy) is 2. The number of rotatable bonds is 4. The second kappa shape index (κ2) is 5.76. The highest BCUT2D eigenvalue weighted by atomic mass is 19.1. The molecule has 1 unspecified atom stereocenters. The van der Waals surface area contributed by atoms with Crippen molar-refractivity contribution in [2.45, 2.75) is 25.6 Å². The van der Waals surface area contributed by atoms with Gasteiger partial charge in [0.1, 0.15) is 11.9 Å². The van der Waals surface area contributed by atoms with E-state index in [1.807, 2.05) is 6.07 Å². The predicted molar refractivity (Wildman–Crippen MR) is 59.7 cm³/mol. The van der Waals surface area contributed by atoms with Crippen LogP contribution < -0.4 is 0 Å². The van der Waals surface area contributed by atoms with E-state index in [2.05, 4.69) is 0 Å². The van der Waals surface area contributed by atoms with Crippen molar-refractivity contribution in [2.24, 2.45) is 0 Å². The quantitative estimate of drug-likeness (QED) is 0.804. The van der Waals surface area contributed by atoms with Gasteiger partial charge in [-0.1, -0.05) is 6.07 Å². The molecule has 0 spiro atoms. The van der Waals surface area contributed by atoms with Crippen molar-refractivity contribution in [3.63, 3.8) is 0 Å². The smallest absolute Gasteiger partial charge is 0.140 e. The molecule has 2 rings (SSSR count). The van der Waals surface area contributed by atoms with Gasteiger partial charge in [0.25, 0.3) is 0 Å². The van der Waals surface area contributed by atoms with E-state index in [-0.39, 0.29) is 11.7 Å². The SMILES string of the molecule is N#Cc1cc(COCC2CCCO2)ccc1F. The van der Waals surface area contributed by atoms with Crippen LogP contribution in [0.25, 0.3) is 0 Å². The maximum Gasteiger partial charge on any atom is 0.140 e. The van der Waals surface area contributed by atoms with Gasteiger partial charge in [-0.2, -0.15) is 5.26 Å². The first-order valence-electron chi connectivity index (χ1n) is 5.67. The number of benzene rings is 1. The van der Waals surface area contributed by atoms with Gasteiger partial charge in [0, 0.05) is 6.61 Å². The zero-order valence-electron chi connectivity index (χ0n) is 9.49. The molecule has 3 nitrogen and oxygen atoms in total. The van der Waals surface area contributed by atoms with Gasteiger partial charge in [-0.15, -0.1) is 0 Å². The van der Waals surface area contributed by atoms with Crippen molar-refractivity contribution in [1.29, 1.82) is 5.26 Å². The third-order valence-electron chi connectivity index (χ3n) is 2.75. The standard InChI is InChI=1S/C13H14FNO2/c14-13-4-3-10(6-11(13)7-15)8-16-9-12-2-1-5-17-12/h3-4,6,12H,1-2,5,8-9H2. The van der Waals surface area contributed by atoms with Crippen LogP contribution in [0, 0.1) is 17.1 Å². The topological polar surface area (TPSA) is 42.2 Å². The Morgan fingerprint density at radius 2 is 2.41 bits per heavy atom. The maximum atomic E-state index is 13.1. The first-order chi connectivity index (χ1) is 8.29. The molecule has 0 N–H and O–H groups in total. The Bertz CT molecular complexity index is 422. The van der Waals surface area contributed by atoms with Crippen LogP contribution in [0.15, 0.2) is 18.2 Å². The van der Waals surface area contributed by atoms with Gasteiger partial charge in [0.05, 0.1) is 24.9 Å². The molecule has 1 aromatic rings. The summed E-state index contributed by atoms with van der Waals surface area (Å²) in [7, 11) is 0. The minimum atomic E-state index is -0.490. The van der Waals surface area contributed by atoms with E-state index in [0.29, 0.717) is 13.2 Å². The van der Waals surface area contributed by atoms with E-state index < -0.39 is 5.82 Å². The van der Waals surface area contributed by atoms with E-state index in [9.17, 15) is 4.39 Å². The highest BCUT2D eigenvalue weighted by molar-refractivity contribution is 5.34. The van der Waals surface area contributed by atoms with Gasteiger partial charge < -0.3 is 9.47 Å². The minimum absolute atomic E-state index is 0.0585. The van der Waals surface area contributed by atoms with Crippen molar-refractivity contribution in [3.8, 4) is 6.07 Å². The first-order valence-corrected chi connectivity index (χ1v) is 5.67. The molecule has 0 saturated carbocycles. The number of hydrogen-bond acceptors (Lipinski definition) is 3. The van der Waals surface area contributed by atoms with E-state index in [1.54, 1.807) is 6.07 Å². The summed E-state index contributed by atoms with van der Waals surface area (Å²) >= 11 is 0.